The Morgan fingerprint density at radius 1 is 1.53 bits per heavy atom. The van der Waals surface area contributed by atoms with Gasteiger partial charge in [0.25, 0.3) is 0 Å². The molecule has 0 fully saturated rings. The summed E-state index contributed by atoms with van der Waals surface area (Å²) in [5, 5.41) is 29.5. The van der Waals surface area contributed by atoms with Gasteiger partial charge in [0.15, 0.2) is 0 Å². The van der Waals surface area contributed by atoms with Gasteiger partial charge in [-0.05, 0) is 24.1 Å². The molecular weight excluding hydrogens is 253 g/mol. The number of benzene rings is 1. The van der Waals surface area contributed by atoms with E-state index in [1.807, 2.05) is 0 Å². The average Bonchev–Trinajstić information content (AvgIpc) is 2.29. The molecule has 5 nitrogen and oxygen atoms in total. The van der Waals surface area contributed by atoms with Crippen molar-refractivity contribution < 1.29 is 19.5 Å². The highest BCUT2D eigenvalue weighted by atomic mass is 35.5. The van der Waals surface area contributed by atoms with Crippen LogP contribution in [0.2, 0.25) is 0 Å². The summed E-state index contributed by atoms with van der Waals surface area (Å²) in [4.78, 5) is 9.63. The normalized spacial score (nSPS) is 14.4. The van der Waals surface area contributed by atoms with Gasteiger partial charge in [-0.1, -0.05) is 0 Å². The second kappa shape index (κ2) is 5.39. The number of nitro groups is 1. The number of nitrogens with zero attached hydrogens (tertiary/aromatic N) is 1. The highest BCUT2D eigenvalue weighted by Gasteiger charge is 2.24. The minimum absolute atomic E-state index is 0.0845. The summed E-state index contributed by atoms with van der Waals surface area (Å²) < 4.78 is 13.3. The molecule has 0 radical (unpaired) electrons. The zero-order valence-corrected chi connectivity index (χ0v) is 9.69. The van der Waals surface area contributed by atoms with Crippen molar-refractivity contribution in [1.29, 1.82) is 0 Å². The Bertz CT molecular complexity index is 441. The zero-order chi connectivity index (χ0) is 13.2. The van der Waals surface area contributed by atoms with Crippen molar-refractivity contribution in [2.45, 2.75) is 19.1 Å². The van der Waals surface area contributed by atoms with Crippen molar-refractivity contribution in [2.75, 3.05) is 5.88 Å². The van der Waals surface area contributed by atoms with Gasteiger partial charge in [0, 0.05) is 6.07 Å². The van der Waals surface area contributed by atoms with Crippen LogP contribution in [0.25, 0.3) is 0 Å². The smallest absolute Gasteiger partial charge is 0.305 e. The average molecular weight is 264 g/mol. The predicted molar refractivity (Wildman–Crippen MR) is 59.5 cm³/mol. The SMILES string of the molecule is Cc1cc([N+](=O)[O-])c(F)cc1C(O)C(O)CCl. The van der Waals surface area contributed by atoms with Crippen LogP contribution in [-0.2, 0) is 0 Å². The molecule has 0 aliphatic carbocycles. The number of nitro benzene ring substituents is 1. The maximum absolute atomic E-state index is 13.3. The minimum atomic E-state index is -1.37. The third-order valence-electron chi connectivity index (χ3n) is 2.37. The van der Waals surface area contributed by atoms with Crippen LogP contribution >= 0.6 is 11.6 Å². The number of hydrogen-bond acceptors (Lipinski definition) is 4. The molecule has 2 N–H and O–H groups in total. The number of halogens is 2. The van der Waals surface area contributed by atoms with Crippen LogP contribution in [0.15, 0.2) is 12.1 Å². The first-order valence-corrected chi connectivity index (χ1v) is 5.28. The first-order chi connectivity index (χ1) is 7.88. The van der Waals surface area contributed by atoms with Crippen molar-refractivity contribution in [3.8, 4) is 0 Å². The van der Waals surface area contributed by atoms with Gasteiger partial charge >= 0.3 is 5.69 Å². The summed E-state index contributed by atoms with van der Waals surface area (Å²) in [6.45, 7) is 1.48. The molecule has 0 amide bonds. The molecule has 7 heteroatoms. The van der Waals surface area contributed by atoms with E-state index in [0.717, 1.165) is 12.1 Å². The highest BCUT2D eigenvalue weighted by Crippen LogP contribution is 2.27. The van der Waals surface area contributed by atoms with Gasteiger partial charge in [-0.15, -0.1) is 11.6 Å². The molecule has 94 valence electrons. The van der Waals surface area contributed by atoms with Crippen LogP contribution in [0.5, 0.6) is 0 Å². The van der Waals surface area contributed by atoms with E-state index in [-0.39, 0.29) is 11.4 Å². The van der Waals surface area contributed by atoms with E-state index in [1.165, 1.54) is 6.92 Å². The van der Waals surface area contributed by atoms with E-state index < -0.39 is 28.6 Å². The lowest BCUT2D eigenvalue weighted by Crippen LogP contribution is -2.20. The lowest BCUT2D eigenvalue weighted by atomic mass is 9.99. The second-order valence-electron chi connectivity index (χ2n) is 3.58. The molecule has 1 aromatic rings. The van der Waals surface area contributed by atoms with Crippen molar-refractivity contribution in [1.82, 2.24) is 0 Å². The van der Waals surface area contributed by atoms with Crippen LogP contribution in [0.4, 0.5) is 10.1 Å². The Balaban J connectivity index is 3.20. The predicted octanol–water partition coefficient (Wildman–Crippen LogP) is 1.68. The van der Waals surface area contributed by atoms with E-state index in [9.17, 15) is 24.7 Å². The molecule has 0 aliphatic rings. The number of aliphatic hydroxyl groups is 2. The fourth-order valence-corrected chi connectivity index (χ4v) is 1.60. The summed E-state index contributed by atoms with van der Waals surface area (Å²) >= 11 is 5.36. The third kappa shape index (κ3) is 2.91. The summed E-state index contributed by atoms with van der Waals surface area (Å²) in [6.07, 6.45) is -2.63. The van der Waals surface area contributed by atoms with E-state index in [0.29, 0.717) is 5.56 Å². The Morgan fingerprint density at radius 3 is 2.59 bits per heavy atom. The molecule has 0 bridgehead atoms. The molecule has 1 rings (SSSR count). The molecule has 17 heavy (non-hydrogen) atoms. The highest BCUT2D eigenvalue weighted by molar-refractivity contribution is 6.18. The van der Waals surface area contributed by atoms with Gasteiger partial charge in [0.1, 0.15) is 6.10 Å². The zero-order valence-electron chi connectivity index (χ0n) is 8.93. The van der Waals surface area contributed by atoms with Gasteiger partial charge in [-0.2, -0.15) is 4.39 Å². The third-order valence-corrected chi connectivity index (χ3v) is 2.69. The number of aliphatic hydroxyl groups excluding tert-OH is 2. The van der Waals surface area contributed by atoms with Gasteiger partial charge in [-0.3, -0.25) is 10.1 Å². The molecule has 0 aromatic heterocycles. The summed E-state index contributed by atoms with van der Waals surface area (Å²) in [5.41, 5.74) is -0.269. The molecule has 0 heterocycles. The summed E-state index contributed by atoms with van der Waals surface area (Å²) in [6, 6.07) is 1.85. The number of alkyl halides is 1. The van der Waals surface area contributed by atoms with E-state index in [2.05, 4.69) is 0 Å². The largest absolute Gasteiger partial charge is 0.389 e. The Hall–Kier alpha value is -1.24. The lowest BCUT2D eigenvalue weighted by Gasteiger charge is -2.17. The number of hydrogen-bond donors (Lipinski definition) is 2. The Kier molecular flexibility index (Phi) is 4.39. The molecule has 0 saturated heterocycles. The first-order valence-electron chi connectivity index (χ1n) is 4.75. The number of rotatable bonds is 4. The van der Waals surface area contributed by atoms with Crippen LogP contribution < -0.4 is 0 Å². The molecule has 0 saturated carbocycles. The van der Waals surface area contributed by atoms with Crippen LogP contribution in [0.3, 0.4) is 0 Å². The second-order valence-corrected chi connectivity index (χ2v) is 3.89. The fraction of sp³-hybridized carbons (Fsp3) is 0.400. The summed E-state index contributed by atoms with van der Waals surface area (Å²) in [5.74, 6) is -1.28. The Morgan fingerprint density at radius 2 is 2.12 bits per heavy atom. The molecule has 1 aromatic carbocycles. The fourth-order valence-electron chi connectivity index (χ4n) is 1.43. The van der Waals surface area contributed by atoms with E-state index in [1.54, 1.807) is 0 Å². The quantitative estimate of drug-likeness (QED) is 0.492. The summed E-state index contributed by atoms with van der Waals surface area (Å²) in [7, 11) is 0. The van der Waals surface area contributed by atoms with Crippen LogP contribution in [0.1, 0.15) is 17.2 Å². The van der Waals surface area contributed by atoms with Crippen LogP contribution in [0, 0.1) is 22.9 Å². The topological polar surface area (TPSA) is 83.6 Å². The van der Waals surface area contributed by atoms with Gasteiger partial charge in [0.2, 0.25) is 5.82 Å². The monoisotopic (exact) mass is 263 g/mol. The number of aryl methyl sites for hydroxylation is 1. The van der Waals surface area contributed by atoms with Gasteiger partial charge in [-0.25, -0.2) is 0 Å². The van der Waals surface area contributed by atoms with Crippen molar-refractivity contribution >= 4 is 17.3 Å². The first kappa shape index (κ1) is 13.8. The van der Waals surface area contributed by atoms with Crippen LogP contribution in [-0.4, -0.2) is 27.1 Å². The Labute approximate surface area is 102 Å². The molecular formula is C10H11ClFNO4. The molecule has 0 spiro atoms. The maximum atomic E-state index is 13.3. The van der Waals surface area contributed by atoms with Crippen molar-refractivity contribution in [3.63, 3.8) is 0 Å². The molecule has 2 unspecified atom stereocenters. The van der Waals surface area contributed by atoms with Crippen molar-refractivity contribution in [2.24, 2.45) is 0 Å². The van der Waals surface area contributed by atoms with E-state index in [4.69, 9.17) is 11.6 Å². The van der Waals surface area contributed by atoms with Gasteiger partial charge in [0.05, 0.1) is 16.9 Å². The molecule has 2 atom stereocenters. The molecule has 0 aliphatic heterocycles. The van der Waals surface area contributed by atoms with Crippen molar-refractivity contribution in [3.05, 3.63) is 39.2 Å². The lowest BCUT2D eigenvalue weighted by molar-refractivity contribution is -0.387. The maximum Gasteiger partial charge on any atom is 0.305 e. The minimum Gasteiger partial charge on any atom is -0.389 e. The van der Waals surface area contributed by atoms with Gasteiger partial charge < -0.3 is 10.2 Å². The standard InChI is InChI=1S/C10H11ClFNO4/c1-5-2-8(13(16)17)7(12)3-6(5)10(15)9(14)4-11/h2-3,9-10,14-15H,4H2,1H3. The van der Waals surface area contributed by atoms with E-state index >= 15 is 0 Å².